The van der Waals surface area contributed by atoms with Gasteiger partial charge in [-0.3, -0.25) is 0 Å². The molecule has 0 aliphatic heterocycles. The van der Waals surface area contributed by atoms with Gasteiger partial charge in [-0.05, 0) is 25.1 Å². The van der Waals surface area contributed by atoms with Crippen molar-refractivity contribution < 1.29 is 14.6 Å². The fourth-order valence-electron chi connectivity index (χ4n) is 2.49. The fraction of sp³-hybridized carbons (Fsp3) is 0.105. The lowest BCUT2D eigenvalue weighted by Crippen LogP contribution is -1.98. The lowest BCUT2D eigenvalue weighted by atomic mass is 10.1. The molecule has 0 saturated heterocycles. The van der Waals surface area contributed by atoms with Gasteiger partial charge in [-0.15, -0.1) is 22.7 Å². The van der Waals surface area contributed by atoms with Gasteiger partial charge in [0.15, 0.2) is 0 Å². The van der Waals surface area contributed by atoms with Crippen LogP contribution in [0.1, 0.15) is 21.1 Å². The number of rotatable bonds is 6. The van der Waals surface area contributed by atoms with E-state index in [4.69, 9.17) is 14.8 Å². The zero-order chi connectivity index (χ0) is 19.5. The van der Waals surface area contributed by atoms with Crippen molar-refractivity contribution in [3.63, 3.8) is 0 Å². The molecular weight excluding hydrogens is 396 g/mol. The summed E-state index contributed by atoms with van der Waals surface area (Å²) >= 11 is 3.05. The van der Waals surface area contributed by atoms with E-state index >= 15 is 0 Å². The van der Waals surface area contributed by atoms with E-state index in [0.29, 0.717) is 12.6 Å². The molecule has 0 bridgehead atoms. The minimum atomic E-state index is -0.943. The number of nitrogens with zero attached hydrogens (tertiary/aromatic N) is 4. The Balaban J connectivity index is 1.52. The van der Waals surface area contributed by atoms with E-state index in [-0.39, 0.29) is 5.56 Å². The Hall–Kier alpha value is -3.17. The van der Waals surface area contributed by atoms with Crippen molar-refractivity contribution in [2.45, 2.75) is 13.5 Å². The molecule has 0 aliphatic carbocycles. The lowest BCUT2D eigenvalue weighted by Gasteiger charge is -1.99. The summed E-state index contributed by atoms with van der Waals surface area (Å²) < 4.78 is 5.56. The van der Waals surface area contributed by atoms with Crippen molar-refractivity contribution in [1.82, 2.24) is 19.9 Å². The molecular formula is C19H14N4O3S2. The summed E-state index contributed by atoms with van der Waals surface area (Å²) in [6.07, 6.45) is 3.25. The van der Waals surface area contributed by atoms with E-state index in [0.717, 1.165) is 31.8 Å². The average molecular weight is 410 g/mol. The van der Waals surface area contributed by atoms with Crippen LogP contribution in [0.4, 0.5) is 0 Å². The first-order valence-corrected chi connectivity index (χ1v) is 9.95. The molecule has 3 aromatic heterocycles. The number of aryl methyl sites for hydroxylation is 1. The van der Waals surface area contributed by atoms with Gasteiger partial charge >= 0.3 is 12.0 Å². The molecule has 4 rings (SSSR count). The predicted molar refractivity (Wildman–Crippen MR) is 107 cm³/mol. The standard InChI is InChI=1S/C19H14N4O3S2/c1-11-16(28-15(22-11)9-26-19-20-7-2-8-21-19)17-23-14(10-27-17)12-3-5-13(6-4-12)18(24)25/h2-8,10H,9H2,1H3,(H,24,25). The summed E-state index contributed by atoms with van der Waals surface area (Å²) in [6.45, 7) is 2.24. The van der Waals surface area contributed by atoms with Crippen LogP contribution in [0.2, 0.25) is 0 Å². The van der Waals surface area contributed by atoms with Gasteiger partial charge in [-0.25, -0.2) is 24.7 Å². The quantitative estimate of drug-likeness (QED) is 0.506. The summed E-state index contributed by atoms with van der Waals surface area (Å²) in [7, 11) is 0. The van der Waals surface area contributed by atoms with Crippen LogP contribution in [0, 0.1) is 6.92 Å². The first-order chi connectivity index (χ1) is 13.6. The molecule has 0 aliphatic rings. The van der Waals surface area contributed by atoms with Gasteiger partial charge in [-0.2, -0.15) is 0 Å². The van der Waals surface area contributed by atoms with Crippen LogP contribution in [-0.2, 0) is 6.61 Å². The van der Waals surface area contributed by atoms with Crippen molar-refractivity contribution in [1.29, 1.82) is 0 Å². The minimum Gasteiger partial charge on any atom is -0.478 e. The van der Waals surface area contributed by atoms with E-state index in [1.54, 1.807) is 42.7 Å². The normalized spacial score (nSPS) is 10.8. The number of ether oxygens (including phenoxy) is 1. The van der Waals surface area contributed by atoms with Crippen molar-refractivity contribution in [3.8, 4) is 27.2 Å². The topological polar surface area (TPSA) is 98.1 Å². The summed E-state index contributed by atoms with van der Waals surface area (Å²) in [5, 5.41) is 12.7. The Morgan fingerprint density at radius 3 is 2.61 bits per heavy atom. The maximum atomic E-state index is 11.0. The molecule has 1 N–H and O–H groups in total. The van der Waals surface area contributed by atoms with Gasteiger partial charge < -0.3 is 9.84 Å². The molecule has 0 atom stereocenters. The van der Waals surface area contributed by atoms with Crippen LogP contribution in [0.15, 0.2) is 48.1 Å². The van der Waals surface area contributed by atoms with E-state index in [1.807, 2.05) is 12.3 Å². The Morgan fingerprint density at radius 2 is 1.89 bits per heavy atom. The Morgan fingerprint density at radius 1 is 1.14 bits per heavy atom. The van der Waals surface area contributed by atoms with Crippen molar-refractivity contribution in [2.24, 2.45) is 0 Å². The first-order valence-electron chi connectivity index (χ1n) is 8.26. The summed E-state index contributed by atoms with van der Waals surface area (Å²) in [5.41, 5.74) is 2.82. The van der Waals surface area contributed by atoms with Crippen LogP contribution in [0.5, 0.6) is 6.01 Å². The second-order valence-electron chi connectivity index (χ2n) is 5.76. The number of carboxylic acids is 1. The van der Waals surface area contributed by atoms with Crippen LogP contribution in [0.25, 0.3) is 21.1 Å². The highest BCUT2D eigenvalue weighted by atomic mass is 32.1. The number of hydrogen-bond acceptors (Lipinski definition) is 8. The molecule has 28 heavy (non-hydrogen) atoms. The Kier molecular flexibility index (Phi) is 5.09. The molecule has 140 valence electrons. The van der Waals surface area contributed by atoms with E-state index < -0.39 is 5.97 Å². The first kappa shape index (κ1) is 18.2. The number of carboxylic acid groups (broad SMARTS) is 1. The predicted octanol–water partition coefficient (Wildman–Crippen LogP) is 4.31. The maximum absolute atomic E-state index is 11.0. The second kappa shape index (κ2) is 7.83. The number of thiazole rings is 2. The van der Waals surface area contributed by atoms with Gasteiger partial charge in [0.05, 0.1) is 21.8 Å². The van der Waals surface area contributed by atoms with Gasteiger partial charge in [-0.1, -0.05) is 12.1 Å². The van der Waals surface area contributed by atoms with Crippen molar-refractivity contribution >= 4 is 28.6 Å². The van der Waals surface area contributed by atoms with E-state index in [9.17, 15) is 4.79 Å². The van der Waals surface area contributed by atoms with Gasteiger partial charge in [0, 0.05) is 23.3 Å². The van der Waals surface area contributed by atoms with E-state index in [2.05, 4.69) is 15.0 Å². The molecule has 0 radical (unpaired) electrons. The average Bonchev–Trinajstić information content (AvgIpc) is 3.34. The van der Waals surface area contributed by atoms with Crippen LogP contribution in [-0.4, -0.2) is 31.0 Å². The summed E-state index contributed by atoms with van der Waals surface area (Å²) in [6, 6.07) is 8.74. The fourth-order valence-corrected chi connectivity index (χ4v) is 4.44. The van der Waals surface area contributed by atoms with Gasteiger partial charge in [0.25, 0.3) is 0 Å². The molecule has 9 heteroatoms. The zero-order valence-corrected chi connectivity index (χ0v) is 16.3. The lowest BCUT2D eigenvalue weighted by molar-refractivity contribution is 0.0697. The molecule has 4 aromatic rings. The number of hydrogen-bond donors (Lipinski definition) is 1. The Bertz CT molecular complexity index is 1110. The van der Waals surface area contributed by atoms with E-state index in [1.165, 1.54) is 22.7 Å². The van der Waals surface area contributed by atoms with Gasteiger partial charge in [0.2, 0.25) is 0 Å². The molecule has 3 heterocycles. The monoisotopic (exact) mass is 410 g/mol. The minimum absolute atomic E-state index is 0.254. The molecule has 1 aromatic carbocycles. The molecule has 7 nitrogen and oxygen atoms in total. The third-order valence-electron chi connectivity index (χ3n) is 3.83. The molecule has 0 saturated carbocycles. The van der Waals surface area contributed by atoms with Crippen molar-refractivity contribution in [3.05, 3.63) is 64.4 Å². The Labute approximate surface area is 168 Å². The molecule has 0 amide bonds. The SMILES string of the molecule is Cc1nc(COc2ncccn2)sc1-c1nc(-c2ccc(C(=O)O)cc2)cs1. The highest BCUT2D eigenvalue weighted by Crippen LogP contribution is 2.35. The molecule has 0 unspecified atom stereocenters. The van der Waals surface area contributed by atoms with Crippen LogP contribution in [0.3, 0.4) is 0 Å². The number of aromatic carboxylic acids is 1. The van der Waals surface area contributed by atoms with Gasteiger partial charge in [0.1, 0.15) is 16.6 Å². The smallest absolute Gasteiger partial charge is 0.335 e. The molecule has 0 fully saturated rings. The van der Waals surface area contributed by atoms with Crippen molar-refractivity contribution in [2.75, 3.05) is 0 Å². The summed E-state index contributed by atoms with van der Waals surface area (Å²) in [4.78, 5) is 29.3. The maximum Gasteiger partial charge on any atom is 0.335 e. The second-order valence-corrected chi connectivity index (χ2v) is 7.70. The summed E-state index contributed by atoms with van der Waals surface area (Å²) in [5.74, 6) is -0.943. The molecule has 0 spiro atoms. The third-order valence-corrected chi connectivity index (χ3v) is 5.96. The zero-order valence-electron chi connectivity index (χ0n) is 14.7. The highest BCUT2D eigenvalue weighted by Gasteiger charge is 2.15. The number of aromatic nitrogens is 4. The van der Waals surface area contributed by atoms with Crippen LogP contribution < -0.4 is 4.74 Å². The highest BCUT2D eigenvalue weighted by molar-refractivity contribution is 7.21. The largest absolute Gasteiger partial charge is 0.478 e. The van der Waals surface area contributed by atoms with Crippen LogP contribution >= 0.6 is 22.7 Å². The number of carbonyl (C=O) groups is 1. The number of benzene rings is 1. The third kappa shape index (κ3) is 3.90.